The van der Waals surface area contributed by atoms with E-state index in [0.717, 1.165) is 10.5 Å². The van der Waals surface area contributed by atoms with Crippen LogP contribution in [0.1, 0.15) is 35.2 Å². The number of aliphatic carboxylic acids is 1. The minimum atomic E-state index is -0.893. The van der Waals surface area contributed by atoms with Crippen molar-refractivity contribution >= 4 is 35.5 Å². The molecular formula is C18H20N2O6S. The van der Waals surface area contributed by atoms with Crippen LogP contribution >= 0.6 is 11.8 Å². The van der Waals surface area contributed by atoms with Crippen molar-refractivity contribution in [2.24, 2.45) is 0 Å². The van der Waals surface area contributed by atoms with Crippen LogP contribution in [-0.2, 0) is 25.7 Å². The monoisotopic (exact) mass is 392 g/mol. The first-order chi connectivity index (χ1) is 13.0. The van der Waals surface area contributed by atoms with Gasteiger partial charge in [0.05, 0.1) is 19.6 Å². The van der Waals surface area contributed by atoms with Crippen LogP contribution in [0.5, 0.6) is 0 Å². The number of hydrogen-bond acceptors (Lipinski definition) is 6. The van der Waals surface area contributed by atoms with Gasteiger partial charge in [0.2, 0.25) is 11.8 Å². The average molecular weight is 392 g/mol. The quantitative estimate of drug-likeness (QED) is 0.386. The fourth-order valence-electron chi connectivity index (χ4n) is 3.16. The number of carbonyl (C=O) groups is 4. The van der Waals surface area contributed by atoms with E-state index in [1.807, 2.05) is 6.07 Å². The standard InChI is InChI=1S/C18H20N2O6S/c21-15-5-4-13(17(24)19-15)20-10-12-11(18(20)25)2-1-3-14(12)27-9-8-26-7-6-16(22)23/h1-3,13H,4-10H2,(H,22,23)(H,19,21,24). The SMILES string of the molecule is O=C(O)CCOCCSc1cccc2c1CN(C1CCC(=O)NC1=O)C2=O. The Balaban J connectivity index is 1.61. The van der Waals surface area contributed by atoms with Gasteiger partial charge in [-0.25, -0.2) is 0 Å². The smallest absolute Gasteiger partial charge is 0.305 e. The van der Waals surface area contributed by atoms with E-state index in [0.29, 0.717) is 30.9 Å². The largest absolute Gasteiger partial charge is 0.481 e. The number of nitrogens with zero attached hydrogens (tertiary/aromatic N) is 1. The molecule has 1 atom stereocenters. The van der Waals surface area contributed by atoms with Crippen LogP contribution in [0.25, 0.3) is 0 Å². The van der Waals surface area contributed by atoms with E-state index in [-0.39, 0.29) is 31.3 Å². The highest BCUT2D eigenvalue weighted by Crippen LogP contribution is 2.34. The Morgan fingerprint density at radius 1 is 1.30 bits per heavy atom. The van der Waals surface area contributed by atoms with E-state index in [9.17, 15) is 19.2 Å². The first-order valence-electron chi connectivity index (χ1n) is 8.66. The molecule has 0 aliphatic carbocycles. The Hall–Kier alpha value is -2.39. The molecule has 0 radical (unpaired) electrons. The van der Waals surface area contributed by atoms with Crippen LogP contribution in [0, 0.1) is 0 Å². The van der Waals surface area contributed by atoms with Crippen LogP contribution in [0.2, 0.25) is 0 Å². The number of piperidine rings is 1. The number of fused-ring (bicyclic) bond motifs is 1. The number of hydrogen-bond donors (Lipinski definition) is 2. The van der Waals surface area contributed by atoms with E-state index >= 15 is 0 Å². The number of imide groups is 1. The second-order valence-electron chi connectivity index (χ2n) is 6.29. The zero-order valence-corrected chi connectivity index (χ0v) is 15.4. The minimum Gasteiger partial charge on any atom is -0.481 e. The number of carboxylic acids is 1. The third kappa shape index (κ3) is 4.48. The van der Waals surface area contributed by atoms with Crippen molar-refractivity contribution in [1.29, 1.82) is 0 Å². The number of amides is 3. The summed E-state index contributed by atoms with van der Waals surface area (Å²) in [5.74, 6) is -1.19. The Kier molecular flexibility index (Phi) is 6.12. The van der Waals surface area contributed by atoms with Gasteiger partial charge in [-0.15, -0.1) is 11.8 Å². The molecule has 3 rings (SSSR count). The van der Waals surface area contributed by atoms with Crippen molar-refractivity contribution in [3.63, 3.8) is 0 Å². The summed E-state index contributed by atoms with van der Waals surface area (Å²) in [5, 5.41) is 10.9. The Morgan fingerprint density at radius 2 is 2.11 bits per heavy atom. The van der Waals surface area contributed by atoms with Gasteiger partial charge in [0.15, 0.2) is 0 Å². The van der Waals surface area contributed by atoms with Gasteiger partial charge >= 0.3 is 5.97 Å². The number of thioether (sulfide) groups is 1. The highest BCUT2D eigenvalue weighted by Gasteiger charge is 2.39. The molecule has 9 heteroatoms. The molecular weight excluding hydrogens is 372 g/mol. The molecule has 0 saturated carbocycles. The van der Waals surface area contributed by atoms with Crippen LogP contribution in [0.4, 0.5) is 0 Å². The summed E-state index contributed by atoms with van der Waals surface area (Å²) in [6, 6.07) is 4.84. The van der Waals surface area contributed by atoms with Gasteiger partial charge in [0, 0.05) is 29.2 Å². The lowest BCUT2D eigenvalue weighted by molar-refractivity contribution is -0.138. The van der Waals surface area contributed by atoms with E-state index in [1.165, 1.54) is 16.7 Å². The van der Waals surface area contributed by atoms with E-state index in [1.54, 1.807) is 12.1 Å². The lowest BCUT2D eigenvalue weighted by Gasteiger charge is -2.29. The Bertz CT molecular complexity index is 781. The second kappa shape index (κ2) is 8.53. The van der Waals surface area contributed by atoms with E-state index < -0.39 is 17.9 Å². The molecule has 1 fully saturated rings. The molecule has 1 saturated heterocycles. The zero-order valence-electron chi connectivity index (χ0n) is 14.6. The highest BCUT2D eigenvalue weighted by atomic mass is 32.2. The van der Waals surface area contributed by atoms with E-state index in [4.69, 9.17) is 9.84 Å². The molecule has 1 aromatic carbocycles. The molecule has 0 bridgehead atoms. The van der Waals surface area contributed by atoms with Gasteiger partial charge in [-0.3, -0.25) is 24.5 Å². The molecule has 2 aliphatic rings. The number of benzene rings is 1. The lowest BCUT2D eigenvalue weighted by Crippen LogP contribution is -2.52. The number of ether oxygens (including phenoxy) is 1. The fraction of sp³-hybridized carbons (Fsp3) is 0.444. The van der Waals surface area contributed by atoms with Crippen molar-refractivity contribution in [2.45, 2.75) is 36.7 Å². The molecule has 144 valence electrons. The Morgan fingerprint density at radius 3 is 2.85 bits per heavy atom. The minimum absolute atomic E-state index is 0.0270. The van der Waals surface area contributed by atoms with Gasteiger partial charge in [0.25, 0.3) is 5.91 Å². The molecule has 0 aromatic heterocycles. The molecule has 2 aliphatic heterocycles. The van der Waals surface area contributed by atoms with Gasteiger partial charge in [0.1, 0.15) is 6.04 Å². The van der Waals surface area contributed by atoms with Crippen molar-refractivity contribution < 1.29 is 29.0 Å². The first kappa shape index (κ1) is 19.4. The third-order valence-corrected chi connectivity index (χ3v) is 5.55. The maximum atomic E-state index is 12.7. The molecule has 3 amide bonds. The van der Waals surface area contributed by atoms with Gasteiger partial charge in [-0.1, -0.05) is 6.07 Å². The van der Waals surface area contributed by atoms with E-state index in [2.05, 4.69) is 5.32 Å². The van der Waals surface area contributed by atoms with Crippen LogP contribution in [-0.4, -0.2) is 58.7 Å². The third-order valence-electron chi connectivity index (χ3n) is 4.48. The summed E-state index contributed by atoms with van der Waals surface area (Å²) in [5.41, 5.74) is 1.46. The number of nitrogens with one attached hydrogen (secondary N) is 1. The number of carbonyl (C=O) groups excluding carboxylic acids is 3. The van der Waals surface area contributed by atoms with Crippen molar-refractivity contribution in [3.05, 3.63) is 29.3 Å². The molecule has 2 N–H and O–H groups in total. The first-order valence-corrected chi connectivity index (χ1v) is 9.65. The average Bonchev–Trinajstić information content (AvgIpc) is 2.95. The summed E-state index contributed by atoms with van der Waals surface area (Å²) in [4.78, 5) is 49.1. The maximum Gasteiger partial charge on any atom is 0.305 e. The molecule has 0 spiro atoms. The lowest BCUT2D eigenvalue weighted by atomic mass is 10.0. The predicted octanol–water partition coefficient (Wildman–Crippen LogP) is 1.03. The highest BCUT2D eigenvalue weighted by molar-refractivity contribution is 7.99. The van der Waals surface area contributed by atoms with Gasteiger partial charge < -0.3 is 14.7 Å². The summed E-state index contributed by atoms with van der Waals surface area (Å²) in [6.45, 7) is 0.917. The predicted molar refractivity (Wildman–Crippen MR) is 96.3 cm³/mol. The van der Waals surface area contributed by atoms with Crippen molar-refractivity contribution in [2.75, 3.05) is 19.0 Å². The summed E-state index contributed by atoms with van der Waals surface area (Å²) in [6.07, 6.45) is 0.539. The maximum absolute atomic E-state index is 12.7. The zero-order chi connectivity index (χ0) is 19.4. The van der Waals surface area contributed by atoms with Crippen LogP contribution in [0.15, 0.2) is 23.1 Å². The summed E-state index contributed by atoms with van der Waals surface area (Å²) < 4.78 is 5.28. The summed E-state index contributed by atoms with van der Waals surface area (Å²) in [7, 11) is 0. The number of carboxylic acid groups (broad SMARTS) is 1. The number of rotatable bonds is 8. The van der Waals surface area contributed by atoms with Crippen LogP contribution < -0.4 is 5.32 Å². The fourth-order valence-corrected chi connectivity index (χ4v) is 4.11. The van der Waals surface area contributed by atoms with Crippen LogP contribution in [0.3, 0.4) is 0 Å². The molecule has 2 heterocycles. The van der Waals surface area contributed by atoms with Gasteiger partial charge in [-0.2, -0.15) is 0 Å². The second-order valence-corrected chi connectivity index (χ2v) is 7.42. The molecule has 27 heavy (non-hydrogen) atoms. The topological polar surface area (TPSA) is 113 Å². The normalized spacial score (nSPS) is 19.2. The molecule has 1 unspecified atom stereocenters. The van der Waals surface area contributed by atoms with Gasteiger partial charge in [-0.05, 0) is 24.1 Å². The van der Waals surface area contributed by atoms with Crippen molar-refractivity contribution in [3.8, 4) is 0 Å². The van der Waals surface area contributed by atoms with Crippen molar-refractivity contribution in [1.82, 2.24) is 10.2 Å². The summed E-state index contributed by atoms with van der Waals surface area (Å²) >= 11 is 1.53. The molecule has 8 nitrogen and oxygen atoms in total. The molecule has 1 aromatic rings. The Labute approximate surface area is 160 Å².